The SMILES string of the molecule is CCOc1c(Br)cc(Cl)cc1NCC(C)COC. The molecule has 0 fully saturated rings. The summed E-state index contributed by atoms with van der Waals surface area (Å²) in [6.07, 6.45) is 0. The van der Waals surface area contributed by atoms with Gasteiger partial charge in [-0.15, -0.1) is 0 Å². The monoisotopic (exact) mass is 335 g/mol. The van der Waals surface area contributed by atoms with E-state index in [1.807, 2.05) is 19.1 Å². The van der Waals surface area contributed by atoms with Crippen LogP contribution in [0.3, 0.4) is 0 Å². The van der Waals surface area contributed by atoms with E-state index in [9.17, 15) is 0 Å². The van der Waals surface area contributed by atoms with Gasteiger partial charge in [-0.2, -0.15) is 0 Å². The zero-order chi connectivity index (χ0) is 13.5. The summed E-state index contributed by atoms with van der Waals surface area (Å²) in [4.78, 5) is 0. The fourth-order valence-electron chi connectivity index (χ4n) is 1.61. The van der Waals surface area contributed by atoms with Crippen molar-refractivity contribution in [3.63, 3.8) is 0 Å². The largest absolute Gasteiger partial charge is 0.491 e. The van der Waals surface area contributed by atoms with Gasteiger partial charge in [-0.05, 0) is 40.9 Å². The van der Waals surface area contributed by atoms with E-state index in [1.165, 1.54) is 0 Å². The first-order chi connectivity index (χ1) is 8.58. The number of benzene rings is 1. The lowest BCUT2D eigenvalue weighted by Crippen LogP contribution is -2.16. The van der Waals surface area contributed by atoms with Gasteiger partial charge in [-0.3, -0.25) is 0 Å². The zero-order valence-electron chi connectivity index (χ0n) is 10.9. The maximum absolute atomic E-state index is 6.05. The highest BCUT2D eigenvalue weighted by molar-refractivity contribution is 9.10. The van der Waals surface area contributed by atoms with E-state index in [-0.39, 0.29) is 0 Å². The minimum absolute atomic E-state index is 0.419. The quantitative estimate of drug-likeness (QED) is 0.809. The van der Waals surface area contributed by atoms with Crippen molar-refractivity contribution in [1.82, 2.24) is 0 Å². The number of ether oxygens (including phenoxy) is 2. The van der Waals surface area contributed by atoms with Crippen molar-refractivity contribution < 1.29 is 9.47 Å². The molecule has 0 aromatic heterocycles. The second-order valence-electron chi connectivity index (χ2n) is 4.14. The summed E-state index contributed by atoms with van der Waals surface area (Å²) < 4.78 is 11.6. The van der Waals surface area contributed by atoms with Crippen molar-refractivity contribution in [2.24, 2.45) is 5.92 Å². The van der Waals surface area contributed by atoms with E-state index < -0.39 is 0 Å². The summed E-state index contributed by atoms with van der Waals surface area (Å²) in [7, 11) is 1.71. The maximum atomic E-state index is 6.05. The lowest BCUT2D eigenvalue weighted by molar-refractivity contribution is 0.164. The van der Waals surface area contributed by atoms with Gasteiger partial charge in [0.1, 0.15) is 0 Å². The van der Waals surface area contributed by atoms with Crippen molar-refractivity contribution in [3.05, 3.63) is 21.6 Å². The molecule has 0 amide bonds. The molecule has 1 rings (SSSR count). The van der Waals surface area contributed by atoms with Gasteiger partial charge in [-0.25, -0.2) is 0 Å². The molecule has 0 spiro atoms. The predicted molar refractivity (Wildman–Crippen MR) is 79.9 cm³/mol. The molecule has 0 saturated heterocycles. The first kappa shape index (κ1) is 15.6. The molecule has 1 atom stereocenters. The van der Waals surface area contributed by atoms with E-state index in [4.69, 9.17) is 21.1 Å². The Balaban J connectivity index is 2.79. The minimum Gasteiger partial charge on any atom is -0.491 e. The molecule has 18 heavy (non-hydrogen) atoms. The summed E-state index contributed by atoms with van der Waals surface area (Å²) in [6.45, 7) is 6.22. The third-order valence-electron chi connectivity index (χ3n) is 2.39. The van der Waals surface area contributed by atoms with Crippen LogP contribution in [0.1, 0.15) is 13.8 Å². The molecular formula is C13H19BrClNO2. The summed E-state index contributed by atoms with van der Waals surface area (Å²) in [5.74, 6) is 1.22. The van der Waals surface area contributed by atoms with Gasteiger partial charge < -0.3 is 14.8 Å². The Hall–Kier alpha value is -0.450. The molecule has 1 unspecified atom stereocenters. The Bertz CT molecular complexity index is 387. The molecule has 3 nitrogen and oxygen atoms in total. The molecule has 0 saturated carbocycles. The number of anilines is 1. The average molecular weight is 337 g/mol. The molecule has 0 heterocycles. The molecule has 0 aliphatic carbocycles. The zero-order valence-corrected chi connectivity index (χ0v) is 13.3. The van der Waals surface area contributed by atoms with Crippen LogP contribution in [-0.2, 0) is 4.74 Å². The van der Waals surface area contributed by atoms with E-state index in [0.717, 1.165) is 29.1 Å². The lowest BCUT2D eigenvalue weighted by Gasteiger charge is -2.17. The number of halogens is 2. The molecule has 0 aliphatic rings. The highest BCUT2D eigenvalue weighted by Crippen LogP contribution is 2.36. The molecule has 1 N–H and O–H groups in total. The van der Waals surface area contributed by atoms with E-state index in [0.29, 0.717) is 17.5 Å². The van der Waals surface area contributed by atoms with Crippen LogP contribution >= 0.6 is 27.5 Å². The second kappa shape index (κ2) is 7.87. The summed E-state index contributed by atoms with van der Waals surface area (Å²) in [5, 5.41) is 4.02. The third-order valence-corrected chi connectivity index (χ3v) is 3.20. The number of hydrogen-bond donors (Lipinski definition) is 1. The Kier molecular flexibility index (Phi) is 6.82. The second-order valence-corrected chi connectivity index (χ2v) is 5.43. The topological polar surface area (TPSA) is 30.5 Å². The van der Waals surface area contributed by atoms with Crippen molar-refractivity contribution >= 4 is 33.2 Å². The van der Waals surface area contributed by atoms with Gasteiger partial charge in [0.05, 0.1) is 23.4 Å². The Morgan fingerprint density at radius 2 is 2.17 bits per heavy atom. The molecule has 0 bridgehead atoms. The number of hydrogen-bond acceptors (Lipinski definition) is 3. The highest BCUT2D eigenvalue weighted by Gasteiger charge is 2.11. The first-order valence-corrected chi connectivity index (χ1v) is 7.10. The standard InChI is InChI=1S/C13H19BrClNO2/c1-4-18-13-11(14)5-10(15)6-12(13)16-7-9(2)8-17-3/h5-6,9,16H,4,7-8H2,1-3H3. The molecule has 5 heteroatoms. The van der Waals surface area contributed by atoms with Crippen molar-refractivity contribution in [2.45, 2.75) is 13.8 Å². The first-order valence-electron chi connectivity index (χ1n) is 5.93. The Labute approximate surface area is 122 Å². The number of rotatable bonds is 7. The summed E-state index contributed by atoms with van der Waals surface area (Å²) in [6, 6.07) is 3.70. The third kappa shape index (κ3) is 4.67. The number of nitrogens with one attached hydrogen (secondary N) is 1. The summed E-state index contributed by atoms with van der Waals surface area (Å²) >= 11 is 9.51. The average Bonchev–Trinajstić information content (AvgIpc) is 2.31. The normalized spacial score (nSPS) is 12.3. The van der Waals surface area contributed by atoms with Gasteiger partial charge >= 0.3 is 0 Å². The molecular weight excluding hydrogens is 318 g/mol. The fraction of sp³-hybridized carbons (Fsp3) is 0.538. The summed E-state index contributed by atoms with van der Waals surface area (Å²) in [5.41, 5.74) is 0.902. The van der Waals surface area contributed by atoms with Crippen molar-refractivity contribution in [2.75, 3.05) is 32.2 Å². The van der Waals surface area contributed by atoms with Crippen LogP contribution in [0.25, 0.3) is 0 Å². The maximum Gasteiger partial charge on any atom is 0.156 e. The van der Waals surface area contributed by atoms with Crippen LogP contribution in [0.2, 0.25) is 5.02 Å². The van der Waals surface area contributed by atoms with Gasteiger partial charge in [0.2, 0.25) is 0 Å². The molecule has 1 aromatic rings. The van der Waals surface area contributed by atoms with Crippen LogP contribution in [0, 0.1) is 5.92 Å². The predicted octanol–water partition coefficient (Wildman–Crippen LogP) is 4.20. The van der Waals surface area contributed by atoms with Crippen molar-refractivity contribution in [3.8, 4) is 5.75 Å². The minimum atomic E-state index is 0.419. The highest BCUT2D eigenvalue weighted by atomic mass is 79.9. The van der Waals surface area contributed by atoms with Crippen molar-refractivity contribution in [1.29, 1.82) is 0 Å². The van der Waals surface area contributed by atoms with Crippen LogP contribution in [-0.4, -0.2) is 26.9 Å². The Morgan fingerprint density at radius 3 is 2.78 bits per heavy atom. The Morgan fingerprint density at radius 1 is 1.44 bits per heavy atom. The lowest BCUT2D eigenvalue weighted by atomic mass is 10.2. The number of methoxy groups -OCH3 is 1. The van der Waals surface area contributed by atoms with Crippen LogP contribution in [0.4, 0.5) is 5.69 Å². The van der Waals surface area contributed by atoms with Crippen LogP contribution < -0.4 is 10.1 Å². The van der Waals surface area contributed by atoms with Crippen LogP contribution in [0.5, 0.6) is 5.75 Å². The molecule has 1 aromatic carbocycles. The fourth-order valence-corrected chi connectivity index (χ4v) is 2.54. The molecule has 102 valence electrons. The van der Waals surface area contributed by atoms with E-state index in [2.05, 4.69) is 28.2 Å². The van der Waals surface area contributed by atoms with Crippen LogP contribution in [0.15, 0.2) is 16.6 Å². The van der Waals surface area contributed by atoms with E-state index >= 15 is 0 Å². The van der Waals surface area contributed by atoms with Gasteiger partial charge in [0.15, 0.2) is 5.75 Å². The van der Waals surface area contributed by atoms with Gasteiger partial charge in [0, 0.05) is 18.7 Å². The van der Waals surface area contributed by atoms with E-state index in [1.54, 1.807) is 7.11 Å². The smallest absolute Gasteiger partial charge is 0.156 e. The van der Waals surface area contributed by atoms with Gasteiger partial charge in [0.25, 0.3) is 0 Å². The molecule has 0 radical (unpaired) electrons. The van der Waals surface area contributed by atoms with Gasteiger partial charge in [-0.1, -0.05) is 18.5 Å². The molecule has 0 aliphatic heterocycles.